The molecule has 0 N–H and O–H groups in total. The van der Waals surface area contributed by atoms with Crippen LogP contribution in [0.4, 0.5) is 0 Å². The van der Waals surface area contributed by atoms with Gasteiger partial charge >= 0.3 is 0 Å². The van der Waals surface area contributed by atoms with E-state index in [0.29, 0.717) is 17.7 Å². The summed E-state index contributed by atoms with van der Waals surface area (Å²) in [6, 6.07) is 0. The highest BCUT2D eigenvalue weighted by atomic mass is 35.5. The lowest BCUT2D eigenvalue weighted by Crippen LogP contribution is -1.97. The molecular formula is C11H13ClN2O. The fourth-order valence-electron chi connectivity index (χ4n) is 4.11. The minimum Gasteiger partial charge on any atom is -0.424 e. The van der Waals surface area contributed by atoms with Gasteiger partial charge in [-0.2, -0.15) is 0 Å². The summed E-state index contributed by atoms with van der Waals surface area (Å²) in [6.07, 6.45) is 4.32. The maximum atomic E-state index is 5.66. The number of hydrogen-bond donors (Lipinski definition) is 0. The van der Waals surface area contributed by atoms with Crippen molar-refractivity contribution in [1.82, 2.24) is 10.2 Å². The molecule has 3 aliphatic rings. The van der Waals surface area contributed by atoms with Gasteiger partial charge in [-0.1, -0.05) is 0 Å². The molecule has 4 heteroatoms. The van der Waals surface area contributed by atoms with Crippen LogP contribution in [0.2, 0.25) is 0 Å². The first-order valence-electron chi connectivity index (χ1n) is 5.76. The molecule has 1 aromatic heterocycles. The first-order valence-corrected chi connectivity index (χ1v) is 6.30. The number of alkyl halides is 1. The molecule has 0 saturated heterocycles. The van der Waals surface area contributed by atoms with Crippen LogP contribution in [0.3, 0.4) is 0 Å². The number of aromatic nitrogens is 2. The van der Waals surface area contributed by atoms with Crippen LogP contribution >= 0.6 is 11.6 Å². The van der Waals surface area contributed by atoms with Crippen molar-refractivity contribution in [2.45, 2.75) is 31.1 Å². The smallest absolute Gasteiger partial charge is 0.231 e. The third kappa shape index (κ3) is 1.02. The second-order valence-corrected chi connectivity index (χ2v) is 5.45. The maximum Gasteiger partial charge on any atom is 0.231 e. The predicted octanol–water partition coefficient (Wildman–Crippen LogP) is 2.57. The highest BCUT2D eigenvalue weighted by Gasteiger charge is 2.67. The molecule has 2 bridgehead atoms. The van der Waals surface area contributed by atoms with Gasteiger partial charge in [-0.05, 0) is 42.9 Å². The molecule has 3 nitrogen and oxygen atoms in total. The molecule has 80 valence electrons. The lowest BCUT2D eigenvalue weighted by molar-refractivity contribution is 0.417. The Kier molecular flexibility index (Phi) is 1.58. The first-order chi connectivity index (χ1) is 7.38. The molecule has 1 heterocycles. The molecular weight excluding hydrogens is 212 g/mol. The molecule has 3 saturated carbocycles. The topological polar surface area (TPSA) is 38.9 Å². The van der Waals surface area contributed by atoms with E-state index in [-0.39, 0.29) is 0 Å². The number of nitrogens with zero attached hydrogens (tertiary/aromatic N) is 2. The molecule has 3 aliphatic carbocycles. The average Bonchev–Trinajstić information content (AvgIpc) is 2.72. The monoisotopic (exact) mass is 224 g/mol. The van der Waals surface area contributed by atoms with E-state index in [9.17, 15) is 0 Å². The summed E-state index contributed by atoms with van der Waals surface area (Å²) >= 11 is 5.66. The summed E-state index contributed by atoms with van der Waals surface area (Å²) in [6.45, 7) is 0. The lowest BCUT2D eigenvalue weighted by atomic mass is 10.0. The van der Waals surface area contributed by atoms with Crippen molar-refractivity contribution in [3.8, 4) is 0 Å². The van der Waals surface area contributed by atoms with Crippen LogP contribution < -0.4 is 0 Å². The highest BCUT2D eigenvalue weighted by Crippen LogP contribution is 2.72. The third-order valence-electron chi connectivity index (χ3n) is 4.62. The second-order valence-electron chi connectivity index (χ2n) is 5.18. The van der Waals surface area contributed by atoms with Gasteiger partial charge in [0.25, 0.3) is 0 Å². The van der Waals surface area contributed by atoms with E-state index in [0.717, 1.165) is 29.6 Å². The Labute approximate surface area is 93.2 Å². The van der Waals surface area contributed by atoms with Gasteiger partial charge < -0.3 is 4.42 Å². The first kappa shape index (κ1) is 8.57. The summed E-state index contributed by atoms with van der Waals surface area (Å²) < 4.78 is 5.56. The Morgan fingerprint density at radius 2 is 1.93 bits per heavy atom. The van der Waals surface area contributed by atoms with Gasteiger partial charge in [0.05, 0.1) is 0 Å². The molecule has 3 fully saturated rings. The average molecular weight is 225 g/mol. The van der Waals surface area contributed by atoms with Gasteiger partial charge in [0.15, 0.2) is 0 Å². The van der Waals surface area contributed by atoms with Gasteiger partial charge in [0.1, 0.15) is 5.88 Å². The molecule has 0 amide bonds. The Hall–Kier alpha value is -0.570. The van der Waals surface area contributed by atoms with Crippen molar-refractivity contribution in [3.63, 3.8) is 0 Å². The lowest BCUT2D eigenvalue weighted by Gasteiger charge is -2.04. The zero-order chi connectivity index (χ0) is 9.99. The molecule has 0 spiro atoms. The van der Waals surface area contributed by atoms with Crippen LogP contribution in [-0.4, -0.2) is 10.2 Å². The van der Waals surface area contributed by atoms with Crippen molar-refractivity contribution >= 4 is 11.6 Å². The number of fused-ring (bicyclic) bond motifs is 5. The van der Waals surface area contributed by atoms with E-state index < -0.39 is 0 Å². The Balaban J connectivity index is 1.61. The van der Waals surface area contributed by atoms with E-state index in [1.807, 2.05) is 0 Å². The molecule has 15 heavy (non-hydrogen) atoms. The Bertz CT molecular complexity index is 389. The van der Waals surface area contributed by atoms with Gasteiger partial charge in [-0.3, -0.25) is 0 Å². The SMILES string of the molecule is ClCc1nnc(C2C3C4CCC(C4)C23)o1. The Morgan fingerprint density at radius 1 is 1.20 bits per heavy atom. The highest BCUT2D eigenvalue weighted by molar-refractivity contribution is 6.16. The van der Waals surface area contributed by atoms with Gasteiger partial charge in [0.2, 0.25) is 11.8 Å². The Morgan fingerprint density at radius 3 is 2.53 bits per heavy atom. The summed E-state index contributed by atoms with van der Waals surface area (Å²) in [4.78, 5) is 0. The summed E-state index contributed by atoms with van der Waals surface area (Å²) in [5.41, 5.74) is 0. The number of hydrogen-bond acceptors (Lipinski definition) is 3. The van der Waals surface area contributed by atoms with Crippen LogP contribution in [0.5, 0.6) is 0 Å². The van der Waals surface area contributed by atoms with E-state index in [1.54, 1.807) is 0 Å². The van der Waals surface area contributed by atoms with E-state index in [4.69, 9.17) is 16.0 Å². The van der Waals surface area contributed by atoms with Gasteiger partial charge in [-0.25, -0.2) is 0 Å². The van der Waals surface area contributed by atoms with Crippen molar-refractivity contribution in [1.29, 1.82) is 0 Å². The second kappa shape index (κ2) is 2.76. The molecule has 0 aromatic carbocycles. The van der Waals surface area contributed by atoms with Gasteiger partial charge in [0, 0.05) is 5.92 Å². The summed E-state index contributed by atoms with van der Waals surface area (Å²) in [7, 11) is 0. The van der Waals surface area contributed by atoms with Crippen LogP contribution in [0.1, 0.15) is 37.0 Å². The van der Waals surface area contributed by atoms with Crippen LogP contribution in [-0.2, 0) is 5.88 Å². The van der Waals surface area contributed by atoms with Crippen molar-refractivity contribution in [2.24, 2.45) is 23.7 Å². The molecule has 4 rings (SSSR count). The fourth-order valence-corrected chi connectivity index (χ4v) is 4.22. The third-order valence-corrected chi connectivity index (χ3v) is 4.85. The summed E-state index contributed by atoms with van der Waals surface area (Å²) in [5.74, 6) is 6.00. The van der Waals surface area contributed by atoms with E-state index >= 15 is 0 Å². The molecule has 0 radical (unpaired) electrons. The normalized spacial score (nSPS) is 45.8. The zero-order valence-corrected chi connectivity index (χ0v) is 9.15. The largest absolute Gasteiger partial charge is 0.424 e. The molecule has 4 unspecified atom stereocenters. The molecule has 4 atom stereocenters. The van der Waals surface area contributed by atoms with E-state index in [1.165, 1.54) is 19.3 Å². The van der Waals surface area contributed by atoms with Crippen molar-refractivity contribution in [2.75, 3.05) is 0 Å². The fraction of sp³-hybridized carbons (Fsp3) is 0.818. The molecule has 1 aromatic rings. The van der Waals surface area contributed by atoms with E-state index in [2.05, 4.69) is 10.2 Å². The van der Waals surface area contributed by atoms with Crippen molar-refractivity contribution < 1.29 is 4.42 Å². The zero-order valence-electron chi connectivity index (χ0n) is 8.40. The minimum atomic E-state index is 0.335. The van der Waals surface area contributed by atoms with Crippen LogP contribution in [0.15, 0.2) is 4.42 Å². The van der Waals surface area contributed by atoms with Crippen molar-refractivity contribution in [3.05, 3.63) is 11.8 Å². The maximum absolute atomic E-state index is 5.66. The van der Waals surface area contributed by atoms with Crippen LogP contribution in [0.25, 0.3) is 0 Å². The van der Waals surface area contributed by atoms with Gasteiger partial charge in [-0.15, -0.1) is 21.8 Å². The predicted molar refractivity (Wildman–Crippen MR) is 54.4 cm³/mol. The molecule has 0 aliphatic heterocycles. The minimum absolute atomic E-state index is 0.335. The standard InChI is InChI=1S/C11H13ClN2O/c12-4-7-13-14-11(15-7)10-8-5-1-2-6(3-5)9(8)10/h5-6,8-10H,1-4H2. The van der Waals surface area contributed by atoms with Crippen LogP contribution in [0, 0.1) is 23.7 Å². The number of halogens is 1. The number of rotatable bonds is 2. The summed E-state index contributed by atoms with van der Waals surface area (Å²) in [5, 5.41) is 8.07. The quantitative estimate of drug-likeness (QED) is 0.725.